The van der Waals surface area contributed by atoms with Crippen molar-refractivity contribution < 1.29 is 27.4 Å². The lowest BCUT2D eigenvalue weighted by atomic mass is 9.93. The van der Waals surface area contributed by atoms with E-state index in [1.807, 2.05) is 24.6 Å². The molecule has 3 atom stereocenters. The summed E-state index contributed by atoms with van der Waals surface area (Å²) < 4.78 is 60.5. The van der Waals surface area contributed by atoms with Gasteiger partial charge in [0, 0.05) is 78.6 Å². The molecule has 6 heterocycles. The van der Waals surface area contributed by atoms with Gasteiger partial charge in [-0.1, -0.05) is 6.58 Å². The molecule has 4 aromatic heterocycles. The fourth-order valence-electron chi connectivity index (χ4n) is 7.04. The monoisotopic (exact) mass is 702 g/mol. The molecular weight excluding hydrogens is 666 g/mol. The van der Waals surface area contributed by atoms with Crippen molar-refractivity contribution in [3.8, 4) is 39.5 Å². The Balaban J connectivity index is 1.53. The van der Waals surface area contributed by atoms with E-state index in [1.165, 1.54) is 18.6 Å². The highest BCUT2D eigenvalue weighted by Crippen LogP contribution is 2.48. The standard InChI is InChI=1S/C37H37F3N6O3S/c1-7-31(47)45-17-19(2)46-29(21(45)4)15-28(43-46)36-34(32-25(39)13-23(38)14-30(32)49-11-10-48-6)33-26(40)18-50-37(33)35(42-36)22-12-24-20(3)44(5)9-8-27(24)41-16-22/h7,12-16,18-21H,1,8-11,17H2,2-6H3/t19-,20+,21+/m0/s1. The lowest BCUT2D eigenvalue weighted by molar-refractivity contribution is -0.129. The number of likely N-dealkylation sites (N-methyl/N-ethyl adjacent to an activating group) is 1. The minimum absolute atomic E-state index is 0.00308. The van der Waals surface area contributed by atoms with Gasteiger partial charge in [0.15, 0.2) is 0 Å². The van der Waals surface area contributed by atoms with E-state index < -0.39 is 17.5 Å². The number of hydrogen-bond donors (Lipinski definition) is 0. The maximum absolute atomic E-state index is 16.3. The molecule has 0 N–H and O–H groups in total. The second-order valence-corrected chi connectivity index (χ2v) is 13.7. The van der Waals surface area contributed by atoms with Gasteiger partial charge in [0.1, 0.15) is 41.2 Å². The number of hydrogen-bond acceptors (Lipinski definition) is 8. The molecule has 0 saturated carbocycles. The molecule has 2 aliphatic rings. The maximum Gasteiger partial charge on any atom is 0.246 e. The quantitative estimate of drug-likeness (QED) is 0.122. The molecule has 1 amide bonds. The maximum atomic E-state index is 16.3. The first kappa shape index (κ1) is 33.9. The van der Waals surface area contributed by atoms with E-state index in [0.717, 1.165) is 53.4 Å². The topological polar surface area (TPSA) is 85.6 Å². The van der Waals surface area contributed by atoms with E-state index in [-0.39, 0.29) is 65.2 Å². The Kier molecular flexibility index (Phi) is 8.99. The first-order valence-corrected chi connectivity index (χ1v) is 17.3. The van der Waals surface area contributed by atoms with Crippen LogP contribution in [0.2, 0.25) is 0 Å². The van der Waals surface area contributed by atoms with Crippen molar-refractivity contribution in [1.82, 2.24) is 29.5 Å². The molecule has 50 heavy (non-hydrogen) atoms. The largest absolute Gasteiger partial charge is 0.490 e. The molecule has 2 aliphatic heterocycles. The van der Waals surface area contributed by atoms with Gasteiger partial charge in [0.05, 0.1) is 40.3 Å². The zero-order valence-electron chi connectivity index (χ0n) is 28.5. The number of carbonyl (C=O) groups excluding carboxylic acids is 1. The van der Waals surface area contributed by atoms with Crippen molar-refractivity contribution in [2.45, 2.75) is 45.3 Å². The third-order valence-electron chi connectivity index (χ3n) is 9.81. The third kappa shape index (κ3) is 5.66. The number of ether oxygens (including phenoxy) is 2. The Morgan fingerprint density at radius 1 is 1.06 bits per heavy atom. The van der Waals surface area contributed by atoms with Crippen LogP contribution in [-0.2, 0) is 16.0 Å². The van der Waals surface area contributed by atoms with Gasteiger partial charge in [-0.15, -0.1) is 11.3 Å². The normalized spacial score (nSPS) is 19.0. The number of nitrogens with zero attached hydrogens (tertiary/aromatic N) is 6. The fourth-order valence-corrected chi connectivity index (χ4v) is 7.97. The highest BCUT2D eigenvalue weighted by Gasteiger charge is 2.35. The van der Waals surface area contributed by atoms with Crippen LogP contribution in [0.25, 0.3) is 43.9 Å². The number of benzene rings is 1. The van der Waals surface area contributed by atoms with Crippen LogP contribution in [0.4, 0.5) is 13.2 Å². The highest BCUT2D eigenvalue weighted by atomic mass is 32.1. The molecule has 0 spiro atoms. The molecule has 1 aromatic carbocycles. The van der Waals surface area contributed by atoms with Gasteiger partial charge in [0.2, 0.25) is 5.91 Å². The van der Waals surface area contributed by atoms with E-state index in [4.69, 9.17) is 24.5 Å². The Labute approximate surface area is 292 Å². The van der Waals surface area contributed by atoms with Gasteiger partial charge in [-0.25, -0.2) is 18.2 Å². The zero-order chi connectivity index (χ0) is 35.4. The van der Waals surface area contributed by atoms with Crippen LogP contribution in [0.3, 0.4) is 0 Å². The van der Waals surface area contributed by atoms with Crippen LogP contribution in [0.1, 0.15) is 55.8 Å². The van der Waals surface area contributed by atoms with E-state index in [9.17, 15) is 9.18 Å². The van der Waals surface area contributed by atoms with Gasteiger partial charge in [-0.3, -0.25) is 19.4 Å². The number of aromatic nitrogens is 4. The molecule has 0 saturated heterocycles. The van der Waals surface area contributed by atoms with E-state index >= 15 is 8.78 Å². The van der Waals surface area contributed by atoms with Crippen molar-refractivity contribution in [1.29, 1.82) is 0 Å². The number of amides is 1. The second-order valence-electron chi connectivity index (χ2n) is 12.9. The van der Waals surface area contributed by atoms with Crippen LogP contribution in [0.15, 0.2) is 48.5 Å². The van der Waals surface area contributed by atoms with Crippen LogP contribution >= 0.6 is 11.3 Å². The minimum Gasteiger partial charge on any atom is -0.490 e. The summed E-state index contributed by atoms with van der Waals surface area (Å²) in [6.07, 6.45) is 3.83. The molecule has 0 unspecified atom stereocenters. The Morgan fingerprint density at radius 3 is 2.62 bits per heavy atom. The fraction of sp³-hybridized carbons (Fsp3) is 0.351. The lowest BCUT2D eigenvalue weighted by Gasteiger charge is -2.36. The van der Waals surface area contributed by atoms with Crippen LogP contribution in [-0.4, -0.2) is 75.9 Å². The summed E-state index contributed by atoms with van der Waals surface area (Å²) in [5.74, 6) is -2.72. The number of fused-ring (bicyclic) bond motifs is 3. The van der Waals surface area contributed by atoms with Crippen LogP contribution in [0.5, 0.6) is 5.75 Å². The minimum atomic E-state index is -0.944. The molecule has 0 radical (unpaired) electrons. The molecule has 7 rings (SSSR count). The number of methoxy groups -OCH3 is 1. The van der Waals surface area contributed by atoms with Gasteiger partial charge >= 0.3 is 0 Å². The van der Waals surface area contributed by atoms with Crippen LogP contribution in [0, 0.1) is 17.5 Å². The predicted octanol–water partition coefficient (Wildman–Crippen LogP) is 7.53. The summed E-state index contributed by atoms with van der Waals surface area (Å²) in [6, 6.07) is 5.18. The van der Waals surface area contributed by atoms with Gasteiger partial charge in [0.25, 0.3) is 0 Å². The molecule has 260 valence electrons. The summed E-state index contributed by atoms with van der Waals surface area (Å²) in [5.41, 5.74) is 4.36. The number of halogens is 3. The highest BCUT2D eigenvalue weighted by molar-refractivity contribution is 7.17. The first-order chi connectivity index (χ1) is 24.0. The van der Waals surface area contributed by atoms with Crippen LogP contribution < -0.4 is 4.74 Å². The Bertz CT molecular complexity index is 2150. The van der Waals surface area contributed by atoms with Crippen molar-refractivity contribution in [2.75, 3.05) is 40.5 Å². The number of pyridine rings is 2. The summed E-state index contributed by atoms with van der Waals surface area (Å²) in [4.78, 5) is 26.7. The third-order valence-corrected chi connectivity index (χ3v) is 10.8. The predicted molar refractivity (Wildman–Crippen MR) is 187 cm³/mol. The molecule has 0 fully saturated rings. The smallest absolute Gasteiger partial charge is 0.246 e. The molecule has 0 bridgehead atoms. The van der Waals surface area contributed by atoms with Gasteiger partial charge in [-0.05, 0) is 51.6 Å². The molecular formula is C37H37F3N6O3S. The van der Waals surface area contributed by atoms with Crippen molar-refractivity contribution >= 4 is 27.3 Å². The SMILES string of the molecule is C=CC(=O)N1C[C@H](C)n2nc(-c3nc(-c4cnc5c(c4)[C@@H](C)N(C)CC5)c4scc(F)c4c3-c3c(F)cc(F)cc3OCCOC)cc2[C@H]1C. The van der Waals surface area contributed by atoms with Gasteiger partial charge in [-0.2, -0.15) is 5.10 Å². The lowest BCUT2D eigenvalue weighted by Crippen LogP contribution is -2.42. The summed E-state index contributed by atoms with van der Waals surface area (Å²) in [7, 11) is 3.55. The number of carbonyl (C=O) groups is 1. The first-order valence-electron chi connectivity index (χ1n) is 16.5. The van der Waals surface area contributed by atoms with E-state index in [2.05, 4.69) is 25.5 Å². The molecule has 9 nitrogen and oxygen atoms in total. The number of rotatable bonds is 8. The van der Waals surface area contributed by atoms with E-state index in [0.29, 0.717) is 28.2 Å². The summed E-state index contributed by atoms with van der Waals surface area (Å²) in [5, 5.41) is 6.42. The molecule has 5 aromatic rings. The molecule has 13 heteroatoms. The number of thiophene rings is 1. The average Bonchev–Trinajstić information content (AvgIpc) is 3.72. The van der Waals surface area contributed by atoms with Crippen molar-refractivity contribution in [2.24, 2.45) is 0 Å². The average molecular weight is 703 g/mol. The summed E-state index contributed by atoms with van der Waals surface area (Å²) in [6.45, 7) is 11.0. The van der Waals surface area contributed by atoms with Crippen molar-refractivity contribution in [3.63, 3.8) is 0 Å². The summed E-state index contributed by atoms with van der Waals surface area (Å²) >= 11 is 1.15. The van der Waals surface area contributed by atoms with Gasteiger partial charge < -0.3 is 14.4 Å². The van der Waals surface area contributed by atoms with Crippen molar-refractivity contribution in [3.05, 3.63) is 82.9 Å². The second kappa shape index (κ2) is 13.3. The van der Waals surface area contributed by atoms with E-state index in [1.54, 1.807) is 17.2 Å². The Hall–Kier alpha value is -4.59. The molecule has 0 aliphatic carbocycles. The zero-order valence-corrected chi connectivity index (χ0v) is 29.3. The Morgan fingerprint density at radius 2 is 1.86 bits per heavy atom.